The van der Waals surface area contributed by atoms with Gasteiger partial charge in [0.25, 0.3) is 0 Å². The van der Waals surface area contributed by atoms with Crippen LogP contribution in [0.3, 0.4) is 0 Å². The summed E-state index contributed by atoms with van der Waals surface area (Å²) in [6, 6.07) is 8.50. The van der Waals surface area contributed by atoms with Gasteiger partial charge in [0, 0.05) is 17.2 Å². The van der Waals surface area contributed by atoms with E-state index in [2.05, 4.69) is 0 Å². The van der Waals surface area contributed by atoms with Crippen LogP contribution in [0.15, 0.2) is 39.5 Å². The van der Waals surface area contributed by atoms with E-state index < -0.39 is 28.5 Å². The van der Waals surface area contributed by atoms with E-state index in [0.717, 1.165) is 6.42 Å². The summed E-state index contributed by atoms with van der Waals surface area (Å²) in [6.45, 7) is 6.12. The van der Waals surface area contributed by atoms with Gasteiger partial charge in [-0.25, -0.2) is 9.59 Å². The number of ether oxygens (including phenoxy) is 2. The summed E-state index contributed by atoms with van der Waals surface area (Å²) in [4.78, 5) is 37.8. The van der Waals surface area contributed by atoms with Crippen molar-refractivity contribution in [3.8, 4) is 0 Å². The smallest absolute Gasteiger partial charge is 0.351 e. The zero-order valence-corrected chi connectivity index (χ0v) is 16.5. The lowest BCUT2D eigenvalue weighted by molar-refractivity contribution is -0.158. The van der Waals surface area contributed by atoms with Gasteiger partial charge in [0.1, 0.15) is 17.3 Å². The van der Waals surface area contributed by atoms with Gasteiger partial charge in [0.05, 0.1) is 12.5 Å². The number of rotatable bonds is 3. The first kappa shape index (κ1) is 18.7. The molecule has 2 bridgehead atoms. The second-order valence-corrected chi connectivity index (χ2v) is 8.70. The minimum atomic E-state index is -0.723. The van der Waals surface area contributed by atoms with E-state index >= 15 is 0 Å². The average molecular weight is 384 g/mol. The van der Waals surface area contributed by atoms with E-state index in [1.165, 1.54) is 13.2 Å². The number of hydrogen-bond donors (Lipinski definition) is 0. The molecule has 0 N–H and O–H groups in total. The molecule has 1 aromatic heterocycles. The first-order chi connectivity index (χ1) is 13.2. The van der Waals surface area contributed by atoms with Crippen molar-refractivity contribution >= 4 is 22.9 Å². The van der Waals surface area contributed by atoms with Crippen LogP contribution in [0.1, 0.15) is 50.4 Å². The maximum atomic E-state index is 12.8. The molecule has 1 aromatic carbocycles. The Morgan fingerprint density at radius 2 is 1.86 bits per heavy atom. The topological polar surface area (TPSA) is 82.8 Å². The van der Waals surface area contributed by atoms with E-state index in [9.17, 15) is 14.4 Å². The highest BCUT2D eigenvalue weighted by Gasteiger charge is 2.74. The van der Waals surface area contributed by atoms with Crippen molar-refractivity contribution in [1.29, 1.82) is 0 Å². The Morgan fingerprint density at radius 1 is 1.14 bits per heavy atom. The molecule has 2 saturated carbocycles. The highest BCUT2D eigenvalue weighted by atomic mass is 16.5. The summed E-state index contributed by atoms with van der Waals surface area (Å²) < 4.78 is 16.2. The number of hydrogen-bond acceptors (Lipinski definition) is 6. The maximum absolute atomic E-state index is 12.8. The van der Waals surface area contributed by atoms with Crippen molar-refractivity contribution in [2.75, 3.05) is 7.11 Å². The first-order valence-corrected chi connectivity index (χ1v) is 9.49. The molecular weight excluding hydrogens is 360 g/mol. The van der Waals surface area contributed by atoms with Gasteiger partial charge in [0.15, 0.2) is 0 Å². The van der Waals surface area contributed by atoms with Gasteiger partial charge < -0.3 is 13.9 Å². The zero-order chi connectivity index (χ0) is 20.3. The number of carbonyl (C=O) groups is 2. The van der Waals surface area contributed by atoms with E-state index in [1.54, 1.807) is 24.3 Å². The Hall–Kier alpha value is -2.63. The van der Waals surface area contributed by atoms with Crippen LogP contribution in [0.4, 0.5) is 0 Å². The van der Waals surface area contributed by atoms with Gasteiger partial charge in [-0.15, -0.1) is 0 Å². The van der Waals surface area contributed by atoms with Crippen molar-refractivity contribution in [2.24, 2.45) is 16.2 Å². The van der Waals surface area contributed by atoms with Crippen LogP contribution in [-0.2, 0) is 14.3 Å². The second-order valence-electron chi connectivity index (χ2n) is 8.70. The minimum absolute atomic E-state index is 0.130. The van der Waals surface area contributed by atoms with E-state index in [-0.39, 0.29) is 16.9 Å². The molecule has 0 amide bonds. The van der Waals surface area contributed by atoms with Crippen LogP contribution in [0, 0.1) is 16.2 Å². The maximum Gasteiger partial charge on any atom is 0.351 e. The molecule has 2 fully saturated rings. The molecule has 4 rings (SSSR count). The predicted octanol–water partition coefficient (Wildman–Crippen LogP) is 3.71. The van der Waals surface area contributed by atoms with Gasteiger partial charge in [-0.1, -0.05) is 39.0 Å². The summed E-state index contributed by atoms with van der Waals surface area (Å²) in [7, 11) is 1.39. The number of benzene rings is 1. The number of carbonyl (C=O) groups excluding carboxylic acids is 2. The molecule has 3 atom stereocenters. The van der Waals surface area contributed by atoms with Crippen molar-refractivity contribution in [1.82, 2.24) is 0 Å². The molecular formula is C22H24O6. The number of esters is 2. The largest absolute Gasteiger partial charge is 0.469 e. The highest BCUT2D eigenvalue weighted by Crippen LogP contribution is 2.73. The fourth-order valence-corrected chi connectivity index (χ4v) is 5.31. The van der Waals surface area contributed by atoms with Crippen LogP contribution in [0.2, 0.25) is 0 Å². The predicted molar refractivity (Wildman–Crippen MR) is 102 cm³/mol. The molecule has 2 aliphatic carbocycles. The van der Waals surface area contributed by atoms with E-state index in [1.807, 2.05) is 20.8 Å². The Labute approximate surface area is 162 Å². The number of para-hydroxylation sites is 1. The third-order valence-corrected chi connectivity index (χ3v) is 7.63. The fourth-order valence-electron chi connectivity index (χ4n) is 5.31. The lowest BCUT2D eigenvalue weighted by Crippen LogP contribution is -2.41. The molecule has 2 aliphatic rings. The molecule has 6 nitrogen and oxygen atoms in total. The molecule has 0 spiro atoms. The molecule has 28 heavy (non-hydrogen) atoms. The summed E-state index contributed by atoms with van der Waals surface area (Å²) in [5, 5.41) is 0.652. The lowest BCUT2D eigenvalue weighted by Gasteiger charge is -2.39. The molecule has 0 aliphatic heterocycles. The van der Waals surface area contributed by atoms with Crippen LogP contribution in [-0.4, -0.2) is 25.2 Å². The Balaban J connectivity index is 1.67. The average Bonchev–Trinajstić information content (AvgIpc) is 2.97. The molecule has 1 heterocycles. The number of fused-ring (bicyclic) bond motifs is 3. The highest BCUT2D eigenvalue weighted by molar-refractivity contribution is 5.93. The molecule has 0 saturated heterocycles. The van der Waals surface area contributed by atoms with Gasteiger partial charge in [0.2, 0.25) is 0 Å². The summed E-state index contributed by atoms with van der Waals surface area (Å²) in [5.41, 5.74) is -1.90. The van der Waals surface area contributed by atoms with Crippen molar-refractivity contribution < 1.29 is 23.5 Å². The van der Waals surface area contributed by atoms with Gasteiger partial charge in [-0.05, 0) is 30.4 Å². The molecule has 0 unspecified atom stereocenters. The third kappa shape index (κ3) is 2.23. The van der Waals surface area contributed by atoms with E-state index in [0.29, 0.717) is 23.8 Å². The fraction of sp³-hybridized carbons (Fsp3) is 0.500. The Kier molecular flexibility index (Phi) is 3.97. The molecule has 2 aromatic rings. The summed E-state index contributed by atoms with van der Waals surface area (Å²) in [6.07, 6.45) is 1.37. The van der Waals surface area contributed by atoms with Crippen molar-refractivity contribution in [2.45, 2.75) is 46.1 Å². The molecule has 148 valence electrons. The van der Waals surface area contributed by atoms with Crippen LogP contribution < -0.4 is 5.63 Å². The van der Waals surface area contributed by atoms with Gasteiger partial charge >= 0.3 is 17.6 Å². The zero-order valence-electron chi connectivity index (χ0n) is 16.5. The van der Waals surface area contributed by atoms with Crippen LogP contribution in [0.5, 0.6) is 0 Å². The molecule has 6 heteroatoms. The van der Waals surface area contributed by atoms with E-state index in [4.69, 9.17) is 13.9 Å². The minimum Gasteiger partial charge on any atom is -0.469 e. The Morgan fingerprint density at radius 3 is 2.57 bits per heavy atom. The van der Waals surface area contributed by atoms with Crippen LogP contribution >= 0.6 is 0 Å². The van der Waals surface area contributed by atoms with Crippen molar-refractivity contribution in [3.63, 3.8) is 0 Å². The molecule has 0 radical (unpaired) electrons. The normalized spacial score (nSPS) is 30.4. The summed E-state index contributed by atoms with van der Waals surface area (Å²) in [5.74, 6) is -0.973. The Bertz CT molecular complexity index is 1030. The quantitative estimate of drug-likeness (QED) is 0.593. The first-order valence-electron chi connectivity index (χ1n) is 9.49. The second kappa shape index (κ2) is 5.93. The number of methoxy groups -OCH3 is 1. The van der Waals surface area contributed by atoms with Crippen molar-refractivity contribution in [3.05, 3.63) is 46.3 Å². The summed E-state index contributed by atoms with van der Waals surface area (Å²) >= 11 is 0. The standard InChI is InChI=1S/C22H24O6/c1-20(2)21(3)9-10-22(20,19(25)26-4)12-16(21)28-18(24)14-11-13-7-5-6-8-15(13)27-17(14)23/h5-8,11,16H,9-10,12H2,1-4H3/t16-,21-,22+/m1/s1. The monoisotopic (exact) mass is 384 g/mol. The SMILES string of the molecule is COC(=O)[C@]12CC[C@](C)([C@H](OC(=O)c3cc4ccccc4oc3=O)C1)C2(C)C. The lowest BCUT2D eigenvalue weighted by atomic mass is 9.65. The van der Waals surface area contributed by atoms with Gasteiger partial charge in [-0.3, -0.25) is 4.79 Å². The third-order valence-electron chi connectivity index (χ3n) is 7.63. The van der Waals surface area contributed by atoms with Gasteiger partial charge in [-0.2, -0.15) is 0 Å². The van der Waals surface area contributed by atoms with Crippen LogP contribution in [0.25, 0.3) is 11.0 Å².